The summed E-state index contributed by atoms with van der Waals surface area (Å²) in [7, 11) is 1.00. The van der Waals surface area contributed by atoms with E-state index in [1.165, 1.54) is 0 Å². The van der Waals surface area contributed by atoms with Crippen LogP contribution in [-0.2, 0) is 0 Å². The Bertz CT molecular complexity index is 35.9. The molecule has 0 unspecified atom stereocenters. The van der Waals surface area contributed by atoms with Gasteiger partial charge in [0, 0.05) is 7.11 Å². The van der Waals surface area contributed by atoms with E-state index in [0.29, 0.717) is 0 Å². The standard InChI is InChI=1S/CH2O3.CH4O.2Na.H2O/c2-1(3)4;1-2;;;/h(H2,2,3,4);2H,1H3;;;1H2/q;;2*+1;/p-2. The first-order valence-electron chi connectivity index (χ1n) is 1.06. The van der Waals surface area contributed by atoms with Crippen molar-refractivity contribution in [3.63, 3.8) is 0 Å². The quantitative estimate of drug-likeness (QED) is 0.350. The van der Waals surface area contributed by atoms with E-state index in [0.717, 1.165) is 7.11 Å². The molecular formula is C2H6Na2O5. The van der Waals surface area contributed by atoms with Gasteiger partial charge in [0.15, 0.2) is 0 Å². The van der Waals surface area contributed by atoms with Crippen molar-refractivity contribution in [3.8, 4) is 0 Å². The van der Waals surface area contributed by atoms with Crippen LogP contribution in [0.2, 0.25) is 0 Å². The van der Waals surface area contributed by atoms with Crippen LogP contribution in [0, 0.1) is 0 Å². The zero-order valence-corrected chi connectivity index (χ0v) is 9.67. The van der Waals surface area contributed by atoms with Gasteiger partial charge in [0.05, 0.1) is 0 Å². The van der Waals surface area contributed by atoms with Gasteiger partial charge in [-0.15, -0.1) is 0 Å². The Morgan fingerprint density at radius 2 is 1.22 bits per heavy atom. The predicted molar refractivity (Wildman–Crippen MR) is 17.2 cm³/mol. The zero-order chi connectivity index (χ0) is 5.58. The summed E-state index contributed by atoms with van der Waals surface area (Å²) in [5.41, 5.74) is 0. The molecule has 7 heteroatoms. The van der Waals surface area contributed by atoms with Crippen LogP contribution < -0.4 is 69.3 Å². The molecule has 3 N–H and O–H groups in total. The first-order valence-corrected chi connectivity index (χ1v) is 1.06. The van der Waals surface area contributed by atoms with E-state index in [2.05, 4.69) is 0 Å². The van der Waals surface area contributed by atoms with E-state index in [4.69, 9.17) is 20.1 Å². The molecule has 0 aromatic heterocycles. The molecule has 0 radical (unpaired) electrons. The molecule has 0 saturated heterocycles. The molecule has 0 aliphatic heterocycles. The minimum absolute atomic E-state index is 0. The summed E-state index contributed by atoms with van der Waals surface area (Å²) in [4.78, 5) is 8.33. The average Bonchev–Trinajstić information content (AvgIpc) is 1.41. The number of aliphatic hydroxyl groups is 1. The van der Waals surface area contributed by atoms with Gasteiger partial charge < -0.3 is 25.6 Å². The fourth-order valence-electron chi connectivity index (χ4n) is 0. The maximum absolute atomic E-state index is 8.33. The number of rotatable bonds is 0. The molecule has 0 aliphatic rings. The molecule has 0 spiro atoms. The molecule has 9 heavy (non-hydrogen) atoms. The summed E-state index contributed by atoms with van der Waals surface area (Å²) >= 11 is 0. The minimum Gasteiger partial charge on any atom is -0.652 e. The van der Waals surface area contributed by atoms with Gasteiger partial charge in [-0.3, -0.25) is 0 Å². The van der Waals surface area contributed by atoms with E-state index in [1.807, 2.05) is 0 Å². The molecule has 0 bridgehead atoms. The van der Waals surface area contributed by atoms with Gasteiger partial charge in [0.1, 0.15) is 0 Å². The smallest absolute Gasteiger partial charge is 0.652 e. The minimum atomic E-state index is -2.33. The zero-order valence-electron chi connectivity index (χ0n) is 5.67. The van der Waals surface area contributed by atoms with Crippen molar-refractivity contribution in [2.45, 2.75) is 0 Å². The second-order valence-electron chi connectivity index (χ2n) is 0.250. The number of carbonyl (C=O) groups excluding carboxylic acids is 1. The van der Waals surface area contributed by atoms with E-state index in [-0.39, 0.29) is 64.6 Å². The van der Waals surface area contributed by atoms with Crippen LogP contribution in [0.5, 0.6) is 0 Å². The van der Waals surface area contributed by atoms with Gasteiger partial charge in [0.25, 0.3) is 0 Å². The van der Waals surface area contributed by atoms with Crippen LogP contribution in [0.3, 0.4) is 0 Å². The van der Waals surface area contributed by atoms with Crippen molar-refractivity contribution in [3.05, 3.63) is 0 Å². The molecule has 0 rings (SSSR count). The van der Waals surface area contributed by atoms with Gasteiger partial charge in [0.2, 0.25) is 0 Å². The fourth-order valence-corrected chi connectivity index (χ4v) is 0. The van der Waals surface area contributed by atoms with Gasteiger partial charge in [-0.2, -0.15) is 0 Å². The monoisotopic (exact) mass is 156 g/mol. The second kappa shape index (κ2) is 35.1. The third kappa shape index (κ3) is 335. The predicted octanol–water partition coefficient (Wildman–Crippen LogP) is -9.66. The summed E-state index contributed by atoms with van der Waals surface area (Å²) in [6, 6.07) is 0. The Morgan fingerprint density at radius 3 is 1.22 bits per heavy atom. The van der Waals surface area contributed by atoms with Crippen LogP contribution in [0.25, 0.3) is 0 Å². The van der Waals surface area contributed by atoms with Crippen LogP contribution in [-0.4, -0.2) is 23.8 Å². The number of hydrogen-bond donors (Lipinski definition) is 1. The van der Waals surface area contributed by atoms with Crippen molar-refractivity contribution in [2.75, 3.05) is 7.11 Å². The van der Waals surface area contributed by atoms with Crippen molar-refractivity contribution in [1.82, 2.24) is 0 Å². The van der Waals surface area contributed by atoms with Crippen LogP contribution in [0.15, 0.2) is 0 Å². The van der Waals surface area contributed by atoms with E-state index < -0.39 is 6.16 Å². The molecule has 0 atom stereocenters. The largest absolute Gasteiger partial charge is 1.00 e. The van der Waals surface area contributed by atoms with Crippen molar-refractivity contribution < 1.29 is 84.7 Å². The molecule has 0 fully saturated rings. The molecule has 0 aliphatic carbocycles. The van der Waals surface area contributed by atoms with Crippen LogP contribution in [0.1, 0.15) is 0 Å². The molecule has 0 amide bonds. The molecule has 0 heterocycles. The fraction of sp³-hybridized carbons (Fsp3) is 0.500. The molecule has 0 aromatic carbocycles. The summed E-state index contributed by atoms with van der Waals surface area (Å²) in [6.45, 7) is 0. The Morgan fingerprint density at radius 1 is 1.22 bits per heavy atom. The number of aliphatic hydroxyl groups excluding tert-OH is 1. The van der Waals surface area contributed by atoms with Gasteiger partial charge in [-0.05, 0) is 6.16 Å². The molecule has 0 aromatic rings. The van der Waals surface area contributed by atoms with Crippen molar-refractivity contribution in [1.29, 1.82) is 0 Å². The summed E-state index contributed by atoms with van der Waals surface area (Å²) in [6.07, 6.45) is -2.33. The van der Waals surface area contributed by atoms with Gasteiger partial charge >= 0.3 is 59.1 Å². The van der Waals surface area contributed by atoms with Crippen LogP contribution in [0.4, 0.5) is 4.79 Å². The Balaban J connectivity index is -0.00000000990. The number of carboxylic acid groups (broad SMARTS) is 2. The summed E-state index contributed by atoms with van der Waals surface area (Å²) in [5.74, 6) is 0. The van der Waals surface area contributed by atoms with Crippen molar-refractivity contribution in [2.24, 2.45) is 0 Å². The average molecular weight is 156 g/mol. The summed E-state index contributed by atoms with van der Waals surface area (Å²) in [5, 5.41) is 23.7. The summed E-state index contributed by atoms with van der Waals surface area (Å²) < 4.78 is 0. The molecule has 0 saturated carbocycles. The third-order valence-electron chi connectivity index (χ3n) is 0. The van der Waals surface area contributed by atoms with E-state index in [9.17, 15) is 0 Å². The van der Waals surface area contributed by atoms with Gasteiger partial charge in [-0.1, -0.05) is 0 Å². The van der Waals surface area contributed by atoms with E-state index in [1.54, 1.807) is 0 Å². The maximum Gasteiger partial charge on any atom is 1.00 e. The topological polar surface area (TPSA) is 115 Å². The first-order chi connectivity index (χ1) is 2.73. The SMILES string of the molecule is CO.O.O=C([O-])[O-].[Na+].[Na+]. The molecular weight excluding hydrogens is 150 g/mol. The first kappa shape index (κ1) is 31.9. The maximum atomic E-state index is 8.33. The number of hydrogen-bond acceptors (Lipinski definition) is 4. The Hall–Kier alpha value is 1.19. The normalized spacial score (nSPS) is 3.33. The second-order valence-corrected chi connectivity index (χ2v) is 0.250. The van der Waals surface area contributed by atoms with E-state index >= 15 is 0 Å². The third-order valence-corrected chi connectivity index (χ3v) is 0. The Labute approximate surface area is 97.0 Å². The van der Waals surface area contributed by atoms with Crippen molar-refractivity contribution >= 4 is 6.16 Å². The number of carbonyl (C=O) groups is 1. The van der Waals surface area contributed by atoms with Gasteiger partial charge in [-0.25, -0.2) is 0 Å². The van der Waals surface area contributed by atoms with Crippen LogP contribution >= 0.6 is 0 Å². The molecule has 46 valence electrons. The molecule has 5 nitrogen and oxygen atoms in total. The Kier molecular flexibility index (Phi) is 125.